The largest absolute Gasteiger partial charge is 0.315 e. The summed E-state index contributed by atoms with van der Waals surface area (Å²) in [6.45, 7) is 4.25. The van der Waals surface area contributed by atoms with Crippen LogP contribution in [0.5, 0.6) is 0 Å². The third kappa shape index (κ3) is 3.45. The summed E-state index contributed by atoms with van der Waals surface area (Å²) in [5.74, 6) is 0. The summed E-state index contributed by atoms with van der Waals surface area (Å²) < 4.78 is 25.4. The van der Waals surface area contributed by atoms with E-state index >= 15 is 0 Å². The molecule has 2 unspecified atom stereocenters. The van der Waals surface area contributed by atoms with Crippen LogP contribution >= 0.6 is 0 Å². The Balaban J connectivity index is 2.15. The fourth-order valence-corrected chi connectivity index (χ4v) is 3.57. The van der Waals surface area contributed by atoms with Crippen molar-refractivity contribution in [2.75, 3.05) is 34.2 Å². The highest BCUT2D eigenvalue weighted by molar-refractivity contribution is 7.89. The molecule has 0 aliphatic carbocycles. The van der Waals surface area contributed by atoms with E-state index in [0.29, 0.717) is 10.9 Å². The van der Waals surface area contributed by atoms with Gasteiger partial charge in [0.1, 0.15) is 0 Å². The zero-order valence-electron chi connectivity index (χ0n) is 13.2. The molecule has 1 heterocycles. The van der Waals surface area contributed by atoms with Crippen LogP contribution in [-0.4, -0.2) is 57.9 Å². The lowest BCUT2D eigenvalue weighted by molar-refractivity contribution is 0.197. The number of sulfonamides is 1. The second-order valence-electron chi connectivity index (χ2n) is 5.84. The lowest BCUT2D eigenvalue weighted by Gasteiger charge is -2.30. The van der Waals surface area contributed by atoms with E-state index in [0.717, 1.165) is 25.1 Å². The van der Waals surface area contributed by atoms with Crippen molar-refractivity contribution in [1.29, 1.82) is 0 Å². The summed E-state index contributed by atoms with van der Waals surface area (Å²) in [5.41, 5.74) is 1.14. The first-order chi connectivity index (χ1) is 9.84. The van der Waals surface area contributed by atoms with Gasteiger partial charge < -0.3 is 5.32 Å². The van der Waals surface area contributed by atoms with Crippen molar-refractivity contribution in [3.8, 4) is 0 Å². The van der Waals surface area contributed by atoms with Gasteiger partial charge in [-0.05, 0) is 44.6 Å². The molecule has 1 N–H and O–H groups in total. The molecule has 2 atom stereocenters. The van der Waals surface area contributed by atoms with Crippen LogP contribution in [0.15, 0.2) is 29.2 Å². The Hall–Kier alpha value is -0.950. The van der Waals surface area contributed by atoms with E-state index in [4.69, 9.17) is 0 Å². The number of rotatable bonds is 5. The van der Waals surface area contributed by atoms with Gasteiger partial charge in [-0.2, -0.15) is 0 Å². The quantitative estimate of drug-likeness (QED) is 0.890. The minimum absolute atomic E-state index is 0.269. The Morgan fingerprint density at radius 1 is 1.19 bits per heavy atom. The summed E-state index contributed by atoms with van der Waals surface area (Å²) in [5, 5.41) is 3.37. The first-order valence-electron chi connectivity index (χ1n) is 7.29. The molecule has 1 fully saturated rings. The lowest BCUT2D eigenvalue weighted by Crippen LogP contribution is -2.35. The van der Waals surface area contributed by atoms with Gasteiger partial charge in [0.05, 0.1) is 4.90 Å². The molecular weight excluding hydrogens is 286 g/mol. The number of hydrogen-bond donors (Lipinski definition) is 1. The number of nitrogens with zero attached hydrogens (tertiary/aromatic N) is 2. The van der Waals surface area contributed by atoms with E-state index < -0.39 is 10.0 Å². The molecule has 0 amide bonds. The molecule has 1 aliphatic heterocycles. The van der Waals surface area contributed by atoms with Gasteiger partial charge in [0.2, 0.25) is 10.0 Å². The normalized spacial score (nSPS) is 21.1. The van der Waals surface area contributed by atoms with Gasteiger partial charge in [0.25, 0.3) is 0 Å². The van der Waals surface area contributed by atoms with Crippen LogP contribution in [0.4, 0.5) is 0 Å². The summed E-state index contributed by atoms with van der Waals surface area (Å²) in [7, 11) is 1.88. The van der Waals surface area contributed by atoms with Crippen molar-refractivity contribution in [3.05, 3.63) is 29.8 Å². The second-order valence-corrected chi connectivity index (χ2v) is 8.00. The molecule has 2 rings (SSSR count). The van der Waals surface area contributed by atoms with Crippen LogP contribution in [0.3, 0.4) is 0 Å². The fourth-order valence-electron chi connectivity index (χ4n) is 2.67. The maximum atomic E-state index is 12.1. The molecule has 21 heavy (non-hydrogen) atoms. The van der Waals surface area contributed by atoms with Gasteiger partial charge in [-0.1, -0.05) is 12.1 Å². The highest BCUT2D eigenvalue weighted by atomic mass is 32.2. The van der Waals surface area contributed by atoms with Gasteiger partial charge in [-0.25, -0.2) is 12.7 Å². The van der Waals surface area contributed by atoms with E-state index in [1.807, 2.05) is 12.1 Å². The van der Waals surface area contributed by atoms with E-state index in [2.05, 4.69) is 24.2 Å². The van der Waals surface area contributed by atoms with Gasteiger partial charge >= 0.3 is 0 Å². The summed E-state index contributed by atoms with van der Waals surface area (Å²) in [6, 6.07) is 8.04. The molecule has 5 nitrogen and oxygen atoms in total. The maximum Gasteiger partial charge on any atom is 0.242 e. The third-order valence-corrected chi connectivity index (χ3v) is 6.19. The minimum atomic E-state index is -3.35. The van der Waals surface area contributed by atoms with E-state index in [-0.39, 0.29) is 6.04 Å². The lowest BCUT2D eigenvalue weighted by atomic mass is 10.1. The number of likely N-dealkylation sites (N-methyl/N-ethyl adjacent to an activating group) is 1. The molecule has 0 bridgehead atoms. The van der Waals surface area contributed by atoms with Gasteiger partial charge in [-0.15, -0.1) is 0 Å². The monoisotopic (exact) mass is 311 g/mol. The Kier molecular flexibility index (Phi) is 5.03. The Morgan fingerprint density at radius 3 is 2.29 bits per heavy atom. The molecule has 118 valence electrons. The highest BCUT2D eigenvalue weighted by Gasteiger charge is 2.24. The molecular formula is C15H25N3O2S. The van der Waals surface area contributed by atoms with Crippen molar-refractivity contribution in [3.63, 3.8) is 0 Å². The molecule has 0 aromatic heterocycles. The van der Waals surface area contributed by atoms with E-state index in [9.17, 15) is 8.42 Å². The Labute approximate surface area is 128 Å². The SMILES string of the molecule is CC(c1ccc(S(=O)(=O)N(C)C)cc1)N(C)C1CCNC1. The molecule has 1 aliphatic rings. The van der Waals surface area contributed by atoms with Crippen molar-refractivity contribution >= 4 is 10.0 Å². The molecule has 1 aromatic rings. The minimum Gasteiger partial charge on any atom is -0.315 e. The summed E-state index contributed by atoms with van der Waals surface area (Å²) in [6.07, 6.45) is 1.16. The van der Waals surface area contributed by atoms with E-state index in [1.54, 1.807) is 26.2 Å². The van der Waals surface area contributed by atoms with Gasteiger partial charge in [0.15, 0.2) is 0 Å². The molecule has 1 saturated heterocycles. The molecule has 0 spiro atoms. The fraction of sp³-hybridized carbons (Fsp3) is 0.600. The zero-order valence-corrected chi connectivity index (χ0v) is 14.0. The van der Waals surface area contributed by atoms with Crippen LogP contribution in [-0.2, 0) is 10.0 Å². The predicted molar refractivity (Wildman–Crippen MR) is 84.8 cm³/mol. The van der Waals surface area contributed by atoms with E-state index in [1.165, 1.54) is 4.31 Å². The Morgan fingerprint density at radius 2 is 1.81 bits per heavy atom. The molecule has 1 aromatic carbocycles. The molecule has 0 radical (unpaired) electrons. The third-order valence-electron chi connectivity index (χ3n) is 4.36. The van der Waals surface area contributed by atoms with Crippen molar-refractivity contribution < 1.29 is 8.42 Å². The van der Waals surface area contributed by atoms with Crippen LogP contribution < -0.4 is 5.32 Å². The van der Waals surface area contributed by atoms with Gasteiger partial charge in [-0.3, -0.25) is 4.90 Å². The molecule has 0 saturated carbocycles. The highest BCUT2D eigenvalue weighted by Crippen LogP contribution is 2.24. The van der Waals surface area contributed by atoms with Crippen LogP contribution in [0.2, 0.25) is 0 Å². The maximum absolute atomic E-state index is 12.1. The van der Waals surface area contributed by atoms with Crippen molar-refractivity contribution in [1.82, 2.24) is 14.5 Å². The zero-order chi connectivity index (χ0) is 15.6. The number of hydrogen-bond acceptors (Lipinski definition) is 4. The first-order valence-corrected chi connectivity index (χ1v) is 8.73. The molecule has 6 heteroatoms. The van der Waals surface area contributed by atoms with Crippen LogP contribution in [0.25, 0.3) is 0 Å². The van der Waals surface area contributed by atoms with Crippen molar-refractivity contribution in [2.24, 2.45) is 0 Å². The number of nitrogens with one attached hydrogen (secondary N) is 1. The van der Waals surface area contributed by atoms with Crippen LogP contribution in [0, 0.1) is 0 Å². The van der Waals surface area contributed by atoms with Crippen molar-refractivity contribution in [2.45, 2.75) is 30.3 Å². The first kappa shape index (κ1) is 16.4. The smallest absolute Gasteiger partial charge is 0.242 e. The average molecular weight is 311 g/mol. The average Bonchev–Trinajstić information content (AvgIpc) is 3.00. The topological polar surface area (TPSA) is 52.7 Å². The summed E-state index contributed by atoms with van der Waals surface area (Å²) in [4.78, 5) is 2.70. The second kappa shape index (κ2) is 6.44. The van der Waals surface area contributed by atoms with Gasteiger partial charge in [0, 0.05) is 32.7 Å². The number of benzene rings is 1. The summed E-state index contributed by atoms with van der Waals surface area (Å²) >= 11 is 0. The predicted octanol–water partition coefficient (Wildman–Crippen LogP) is 1.29. The van der Waals surface area contributed by atoms with Crippen LogP contribution in [0.1, 0.15) is 24.9 Å². The Bertz CT molecular complexity index is 563. The standard InChI is InChI=1S/C15H25N3O2S/c1-12(18(4)14-9-10-16-11-14)13-5-7-15(8-6-13)21(19,20)17(2)3/h5-8,12,14,16H,9-11H2,1-4H3.